The summed E-state index contributed by atoms with van der Waals surface area (Å²) in [5, 5.41) is 6.81. The molecular weight excluding hydrogens is 471 g/mol. The number of hydrogen-bond acceptors (Lipinski definition) is 5. The highest BCUT2D eigenvalue weighted by molar-refractivity contribution is 14.0. The Morgan fingerprint density at radius 2 is 1.96 bits per heavy atom. The van der Waals surface area contributed by atoms with Gasteiger partial charge in [-0.25, -0.2) is 0 Å². The maximum atomic E-state index is 5.50. The Morgan fingerprint density at radius 3 is 2.68 bits per heavy atom. The van der Waals surface area contributed by atoms with Crippen molar-refractivity contribution in [3.05, 3.63) is 23.8 Å². The molecular formula is C20H35IN4O3. The number of likely N-dealkylation sites (N-methyl/N-ethyl adjacent to an activating group) is 1. The van der Waals surface area contributed by atoms with Gasteiger partial charge in [0.1, 0.15) is 0 Å². The number of fused-ring (bicyclic) bond motifs is 1. The second-order valence-electron chi connectivity index (χ2n) is 7.45. The van der Waals surface area contributed by atoms with Crippen LogP contribution in [0.25, 0.3) is 0 Å². The van der Waals surface area contributed by atoms with Crippen LogP contribution >= 0.6 is 24.0 Å². The van der Waals surface area contributed by atoms with Gasteiger partial charge in [0.2, 0.25) is 6.79 Å². The molecule has 28 heavy (non-hydrogen) atoms. The summed E-state index contributed by atoms with van der Waals surface area (Å²) < 4.78 is 16.0. The molecule has 0 bridgehead atoms. The lowest BCUT2D eigenvalue weighted by molar-refractivity contribution is 0.174. The van der Waals surface area contributed by atoms with Crippen LogP contribution < -0.4 is 20.1 Å². The highest BCUT2D eigenvalue weighted by atomic mass is 127. The van der Waals surface area contributed by atoms with Gasteiger partial charge in [-0.15, -0.1) is 24.0 Å². The van der Waals surface area contributed by atoms with Crippen LogP contribution in [0.4, 0.5) is 0 Å². The van der Waals surface area contributed by atoms with Gasteiger partial charge in [-0.05, 0) is 31.2 Å². The number of hydrogen-bond donors (Lipinski definition) is 2. The lowest BCUT2D eigenvalue weighted by atomic mass is 9.84. The van der Waals surface area contributed by atoms with Crippen molar-refractivity contribution >= 4 is 29.9 Å². The lowest BCUT2D eigenvalue weighted by Crippen LogP contribution is -2.45. The van der Waals surface area contributed by atoms with Gasteiger partial charge in [0.25, 0.3) is 0 Å². The van der Waals surface area contributed by atoms with Crippen LogP contribution in [0.5, 0.6) is 11.5 Å². The monoisotopic (exact) mass is 506 g/mol. The quantitative estimate of drug-likeness (QED) is 0.220. The molecule has 0 amide bonds. The SMILES string of the molecule is CN=C(NCCN(C)CCCOC)NCC(C)(C)c1ccc2c(c1)OCO2.I. The molecule has 1 aromatic rings. The van der Waals surface area contributed by atoms with Gasteiger partial charge in [0.15, 0.2) is 17.5 Å². The summed E-state index contributed by atoms with van der Waals surface area (Å²) in [4.78, 5) is 6.61. The van der Waals surface area contributed by atoms with E-state index in [0.717, 1.165) is 56.7 Å². The second-order valence-corrected chi connectivity index (χ2v) is 7.45. The third-order valence-electron chi connectivity index (χ3n) is 4.75. The molecule has 0 atom stereocenters. The number of nitrogens with one attached hydrogen (secondary N) is 2. The minimum absolute atomic E-state index is 0. The third kappa shape index (κ3) is 7.63. The van der Waals surface area contributed by atoms with Crippen LogP contribution in [0.15, 0.2) is 23.2 Å². The number of aliphatic imine (C=N–C) groups is 1. The highest BCUT2D eigenvalue weighted by Crippen LogP contribution is 2.36. The molecule has 7 nitrogen and oxygen atoms in total. The molecule has 0 saturated carbocycles. The van der Waals surface area contributed by atoms with Gasteiger partial charge in [0.05, 0.1) is 0 Å². The van der Waals surface area contributed by atoms with Crippen LogP contribution in [0.3, 0.4) is 0 Å². The van der Waals surface area contributed by atoms with Gasteiger partial charge in [-0.1, -0.05) is 19.9 Å². The van der Waals surface area contributed by atoms with Gasteiger partial charge < -0.3 is 29.7 Å². The number of halogens is 1. The molecule has 0 fully saturated rings. The predicted octanol–water partition coefficient (Wildman–Crippen LogP) is 2.44. The topological polar surface area (TPSA) is 67.4 Å². The minimum Gasteiger partial charge on any atom is -0.454 e. The molecule has 0 radical (unpaired) electrons. The smallest absolute Gasteiger partial charge is 0.231 e. The molecule has 2 N–H and O–H groups in total. The highest BCUT2D eigenvalue weighted by Gasteiger charge is 2.24. The maximum Gasteiger partial charge on any atom is 0.231 e. The molecule has 8 heteroatoms. The molecule has 2 rings (SSSR count). The fraction of sp³-hybridized carbons (Fsp3) is 0.650. The van der Waals surface area contributed by atoms with Crippen molar-refractivity contribution in [2.45, 2.75) is 25.7 Å². The molecule has 1 aromatic carbocycles. The van der Waals surface area contributed by atoms with Crippen LogP contribution in [-0.4, -0.2) is 71.6 Å². The van der Waals surface area contributed by atoms with Gasteiger partial charge in [-0.3, -0.25) is 4.99 Å². The van der Waals surface area contributed by atoms with E-state index in [-0.39, 0.29) is 29.4 Å². The molecule has 0 aliphatic carbocycles. The van der Waals surface area contributed by atoms with E-state index in [4.69, 9.17) is 14.2 Å². The molecule has 0 spiro atoms. The largest absolute Gasteiger partial charge is 0.454 e. The van der Waals surface area contributed by atoms with E-state index >= 15 is 0 Å². The van der Waals surface area contributed by atoms with Crippen molar-refractivity contribution in [2.75, 3.05) is 60.8 Å². The number of ether oxygens (including phenoxy) is 3. The maximum absolute atomic E-state index is 5.50. The van der Waals surface area contributed by atoms with E-state index < -0.39 is 0 Å². The van der Waals surface area contributed by atoms with Crippen molar-refractivity contribution in [1.29, 1.82) is 0 Å². The third-order valence-corrected chi connectivity index (χ3v) is 4.75. The van der Waals surface area contributed by atoms with Gasteiger partial charge in [-0.2, -0.15) is 0 Å². The van der Waals surface area contributed by atoms with Crippen molar-refractivity contribution in [1.82, 2.24) is 15.5 Å². The van der Waals surface area contributed by atoms with Crippen LogP contribution in [0.1, 0.15) is 25.8 Å². The van der Waals surface area contributed by atoms with E-state index in [0.29, 0.717) is 6.79 Å². The standard InChI is InChI=1S/C20H34N4O3.HI/c1-20(2,16-7-8-17-18(13-16)27-15-26-17)14-23-19(21-3)22-9-11-24(4)10-6-12-25-5;/h7-8,13H,6,9-12,14-15H2,1-5H3,(H2,21,22,23);1H. The Kier molecular flexibility index (Phi) is 10.9. The summed E-state index contributed by atoms with van der Waals surface area (Å²) >= 11 is 0. The first-order valence-corrected chi connectivity index (χ1v) is 9.48. The summed E-state index contributed by atoms with van der Waals surface area (Å²) in [5.41, 5.74) is 1.13. The zero-order valence-corrected chi connectivity index (χ0v) is 20.0. The average Bonchev–Trinajstić information content (AvgIpc) is 3.12. The van der Waals surface area contributed by atoms with Crippen LogP contribution in [-0.2, 0) is 10.2 Å². The van der Waals surface area contributed by atoms with Crippen molar-refractivity contribution < 1.29 is 14.2 Å². The van der Waals surface area contributed by atoms with Gasteiger partial charge in [0, 0.05) is 52.4 Å². The van der Waals surface area contributed by atoms with E-state index in [9.17, 15) is 0 Å². The zero-order chi connectivity index (χ0) is 19.7. The number of rotatable bonds is 10. The Bertz CT molecular complexity index is 625. The molecule has 160 valence electrons. The van der Waals surface area contributed by atoms with Crippen LogP contribution in [0.2, 0.25) is 0 Å². The van der Waals surface area contributed by atoms with Gasteiger partial charge >= 0.3 is 0 Å². The Balaban J connectivity index is 0.00000392. The molecule has 0 saturated heterocycles. The van der Waals surface area contributed by atoms with Crippen molar-refractivity contribution in [3.8, 4) is 11.5 Å². The molecule has 1 aliphatic rings. The second kappa shape index (κ2) is 12.3. The summed E-state index contributed by atoms with van der Waals surface area (Å²) in [6, 6.07) is 6.14. The number of nitrogens with zero attached hydrogens (tertiary/aromatic N) is 2. The summed E-state index contributed by atoms with van der Waals surface area (Å²) in [7, 11) is 5.66. The molecule has 1 heterocycles. The molecule has 1 aliphatic heterocycles. The lowest BCUT2D eigenvalue weighted by Gasteiger charge is -2.27. The first-order valence-electron chi connectivity index (χ1n) is 9.48. The normalized spacial score (nSPS) is 13.4. The molecule has 0 aromatic heterocycles. The predicted molar refractivity (Wildman–Crippen MR) is 124 cm³/mol. The van der Waals surface area contributed by atoms with E-state index in [1.54, 1.807) is 14.2 Å². The fourth-order valence-corrected chi connectivity index (χ4v) is 2.90. The van der Waals surface area contributed by atoms with E-state index in [2.05, 4.69) is 53.6 Å². The average molecular weight is 506 g/mol. The molecule has 0 unspecified atom stereocenters. The zero-order valence-electron chi connectivity index (χ0n) is 17.7. The number of guanidine groups is 1. The van der Waals surface area contributed by atoms with E-state index in [1.807, 2.05) is 6.07 Å². The van der Waals surface area contributed by atoms with Crippen molar-refractivity contribution in [3.63, 3.8) is 0 Å². The van der Waals surface area contributed by atoms with Crippen LogP contribution in [0, 0.1) is 0 Å². The Hall–Kier alpha value is -1.26. The first kappa shape index (κ1) is 24.8. The number of benzene rings is 1. The minimum atomic E-state index is -0.0739. The van der Waals surface area contributed by atoms with Crippen molar-refractivity contribution in [2.24, 2.45) is 4.99 Å². The Labute approximate surface area is 186 Å². The Morgan fingerprint density at radius 1 is 1.21 bits per heavy atom. The fourth-order valence-electron chi connectivity index (χ4n) is 2.90. The van der Waals surface area contributed by atoms with E-state index in [1.165, 1.54) is 5.56 Å². The summed E-state index contributed by atoms with van der Waals surface area (Å²) in [6.45, 7) is 9.09. The first-order chi connectivity index (χ1) is 13.0. The summed E-state index contributed by atoms with van der Waals surface area (Å²) in [6.07, 6.45) is 1.05. The number of methoxy groups -OCH3 is 1. The summed E-state index contributed by atoms with van der Waals surface area (Å²) in [5.74, 6) is 2.45.